The van der Waals surface area contributed by atoms with Gasteiger partial charge in [-0.15, -0.1) is 0 Å². The van der Waals surface area contributed by atoms with Gasteiger partial charge in [0.1, 0.15) is 5.75 Å². The van der Waals surface area contributed by atoms with Crippen molar-refractivity contribution in [1.29, 1.82) is 0 Å². The average molecular weight is 370 g/mol. The van der Waals surface area contributed by atoms with Crippen molar-refractivity contribution in [3.63, 3.8) is 0 Å². The van der Waals surface area contributed by atoms with Crippen molar-refractivity contribution in [2.75, 3.05) is 11.9 Å². The number of hydrogen-bond acceptors (Lipinski definition) is 3. The number of phenols is 1. The van der Waals surface area contributed by atoms with Crippen molar-refractivity contribution in [2.45, 2.75) is 58.8 Å². The lowest BCUT2D eigenvalue weighted by atomic mass is 9.79. The molecule has 4 heteroatoms. The van der Waals surface area contributed by atoms with Crippen molar-refractivity contribution in [2.24, 2.45) is 0 Å². The van der Waals surface area contributed by atoms with Crippen LogP contribution in [0.2, 0.25) is 0 Å². The molecule has 0 aliphatic rings. The fourth-order valence-electron chi connectivity index (χ4n) is 3.03. The van der Waals surface area contributed by atoms with E-state index in [0.29, 0.717) is 0 Å². The van der Waals surface area contributed by atoms with E-state index in [4.69, 9.17) is 5.11 Å². The zero-order valence-corrected chi connectivity index (χ0v) is 17.4. The summed E-state index contributed by atoms with van der Waals surface area (Å²) in [7, 11) is 1.92. The van der Waals surface area contributed by atoms with E-state index in [2.05, 4.69) is 47.6 Å². The highest BCUT2D eigenvalue weighted by Crippen LogP contribution is 2.43. The maximum Gasteiger partial charge on any atom is 0.307 e. The molecule has 2 aromatic rings. The SMILES string of the molecule is CN(c1ccc(CC(=O)O)cc1)c1cc(C(C)(C)C)cc(C(C)(C)C)c1O. The molecule has 0 atom stereocenters. The Morgan fingerprint density at radius 2 is 1.52 bits per heavy atom. The number of aromatic hydroxyl groups is 1. The summed E-state index contributed by atoms with van der Waals surface area (Å²) in [4.78, 5) is 12.8. The van der Waals surface area contributed by atoms with Crippen LogP contribution in [0.5, 0.6) is 5.75 Å². The summed E-state index contributed by atoms with van der Waals surface area (Å²) in [6.07, 6.45) is 0.00290. The molecule has 0 aliphatic heterocycles. The summed E-state index contributed by atoms with van der Waals surface area (Å²) >= 11 is 0. The number of carboxylic acids is 1. The second-order valence-corrected chi connectivity index (χ2v) is 9.19. The second-order valence-electron chi connectivity index (χ2n) is 9.19. The zero-order chi connectivity index (χ0) is 20.6. The number of carboxylic acid groups (broad SMARTS) is 1. The van der Waals surface area contributed by atoms with Crippen LogP contribution in [0.4, 0.5) is 11.4 Å². The molecule has 0 saturated carbocycles. The van der Waals surface area contributed by atoms with Crippen molar-refractivity contribution in [1.82, 2.24) is 0 Å². The Bertz CT molecular complexity index is 824. The van der Waals surface area contributed by atoms with Crippen LogP contribution in [0.15, 0.2) is 36.4 Å². The number of carbonyl (C=O) groups is 1. The summed E-state index contributed by atoms with van der Waals surface area (Å²) in [5.41, 5.74) is 4.24. The summed E-state index contributed by atoms with van der Waals surface area (Å²) in [6, 6.07) is 11.5. The summed E-state index contributed by atoms with van der Waals surface area (Å²) < 4.78 is 0. The number of nitrogens with zero attached hydrogens (tertiary/aromatic N) is 1. The normalized spacial score (nSPS) is 12.1. The largest absolute Gasteiger partial charge is 0.505 e. The van der Waals surface area contributed by atoms with Gasteiger partial charge in [-0.25, -0.2) is 0 Å². The van der Waals surface area contributed by atoms with E-state index >= 15 is 0 Å². The van der Waals surface area contributed by atoms with E-state index < -0.39 is 5.97 Å². The van der Waals surface area contributed by atoms with Crippen LogP contribution >= 0.6 is 0 Å². The van der Waals surface area contributed by atoms with Gasteiger partial charge >= 0.3 is 5.97 Å². The molecule has 2 aromatic carbocycles. The average Bonchev–Trinajstić information content (AvgIpc) is 2.52. The van der Waals surface area contributed by atoms with E-state index in [1.165, 1.54) is 0 Å². The lowest BCUT2D eigenvalue weighted by molar-refractivity contribution is -0.136. The maximum atomic E-state index is 11.0. The van der Waals surface area contributed by atoms with Crippen molar-refractivity contribution < 1.29 is 15.0 Å². The molecule has 0 aromatic heterocycles. The van der Waals surface area contributed by atoms with E-state index in [1.807, 2.05) is 42.3 Å². The van der Waals surface area contributed by atoms with E-state index in [9.17, 15) is 9.90 Å². The van der Waals surface area contributed by atoms with Crippen LogP contribution in [0.25, 0.3) is 0 Å². The first kappa shape index (κ1) is 20.8. The molecular formula is C23H31NO3. The van der Waals surface area contributed by atoms with Gasteiger partial charge in [0.15, 0.2) is 0 Å². The first-order valence-corrected chi connectivity index (χ1v) is 9.23. The minimum absolute atomic E-state index is 0.00290. The van der Waals surface area contributed by atoms with Gasteiger partial charge in [0.25, 0.3) is 0 Å². The Labute approximate surface area is 162 Å². The lowest BCUT2D eigenvalue weighted by Gasteiger charge is -2.30. The fraction of sp³-hybridized carbons (Fsp3) is 0.435. The molecule has 0 spiro atoms. The van der Waals surface area contributed by atoms with Gasteiger partial charge in [-0.2, -0.15) is 0 Å². The maximum absolute atomic E-state index is 11.0. The highest BCUT2D eigenvalue weighted by molar-refractivity contribution is 5.73. The van der Waals surface area contributed by atoms with Gasteiger partial charge in [-0.3, -0.25) is 4.79 Å². The van der Waals surface area contributed by atoms with Crippen LogP contribution in [0.3, 0.4) is 0 Å². The van der Waals surface area contributed by atoms with Crippen molar-refractivity contribution in [3.05, 3.63) is 53.1 Å². The smallest absolute Gasteiger partial charge is 0.307 e. The molecule has 0 amide bonds. The van der Waals surface area contributed by atoms with Crippen molar-refractivity contribution >= 4 is 17.3 Å². The van der Waals surface area contributed by atoms with Crippen LogP contribution in [-0.2, 0) is 22.0 Å². The molecule has 0 bridgehead atoms. The molecule has 146 valence electrons. The number of rotatable bonds is 4. The molecule has 4 nitrogen and oxygen atoms in total. The Morgan fingerprint density at radius 3 is 1.96 bits per heavy atom. The van der Waals surface area contributed by atoms with Gasteiger partial charge in [0.2, 0.25) is 0 Å². The van der Waals surface area contributed by atoms with E-state index in [0.717, 1.165) is 28.1 Å². The predicted octanol–water partition coefficient (Wildman–Crippen LogP) is 5.38. The van der Waals surface area contributed by atoms with Crippen LogP contribution in [0.1, 0.15) is 58.2 Å². The van der Waals surface area contributed by atoms with Gasteiger partial charge in [-0.05, 0) is 40.2 Å². The summed E-state index contributed by atoms with van der Waals surface area (Å²) in [5.74, 6) is -0.561. The molecule has 2 N–H and O–H groups in total. The van der Waals surface area contributed by atoms with Gasteiger partial charge < -0.3 is 15.1 Å². The number of hydrogen-bond donors (Lipinski definition) is 2. The number of anilines is 2. The number of phenolic OH excluding ortho intramolecular Hbond substituents is 1. The van der Waals surface area contributed by atoms with E-state index in [1.54, 1.807) is 0 Å². The van der Waals surface area contributed by atoms with Gasteiger partial charge in [0, 0.05) is 18.3 Å². The molecular weight excluding hydrogens is 338 g/mol. The second kappa shape index (κ2) is 7.26. The first-order chi connectivity index (χ1) is 12.3. The van der Waals surface area contributed by atoms with Crippen molar-refractivity contribution in [3.8, 4) is 5.75 Å². The third kappa shape index (κ3) is 4.82. The zero-order valence-electron chi connectivity index (χ0n) is 17.4. The standard InChI is InChI=1S/C23H31NO3/c1-22(2,3)16-13-18(23(4,5)6)21(27)19(14-16)24(7)17-10-8-15(9-11-17)12-20(25)26/h8-11,13-14,27H,12H2,1-7H3,(H,25,26). The Hall–Kier alpha value is -2.49. The van der Waals surface area contributed by atoms with Crippen LogP contribution in [0, 0.1) is 0 Å². The quantitative estimate of drug-likeness (QED) is 0.759. The summed E-state index contributed by atoms with van der Waals surface area (Å²) in [5, 5.41) is 19.9. The summed E-state index contributed by atoms with van der Waals surface area (Å²) in [6.45, 7) is 12.8. The fourth-order valence-corrected chi connectivity index (χ4v) is 3.03. The molecule has 0 heterocycles. The number of aliphatic carboxylic acids is 1. The Morgan fingerprint density at radius 1 is 0.963 bits per heavy atom. The predicted molar refractivity (Wildman–Crippen MR) is 111 cm³/mol. The van der Waals surface area contributed by atoms with Gasteiger partial charge in [-0.1, -0.05) is 59.7 Å². The Balaban J connectivity index is 2.54. The van der Waals surface area contributed by atoms with Crippen LogP contribution < -0.4 is 4.90 Å². The van der Waals surface area contributed by atoms with Gasteiger partial charge in [0.05, 0.1) is 12.1 Å². The highest BCUT2D eigenvalue weighted by Gasteiger charge is 2.26. The van der Waals surface area contributed by atoms with Crippen LogP contribution in [-0.4, -0.2) is 23.2 Å². The molecule has 0 unspecified atom stereocenters. The lowest BCUT2D eigenvalue weighted by Crippen LogP contribution is -2.19. The minimum Gasteiger partial charge on any atom is -0.505 e. The molecule has 2 rings (SSSR count). The topological polar surface area (TPSA) is 60.8 Å². The third-order valence-electron chi connectivity index (χ3n) is 4.80. The molecule has 0 aliphatic carbocycles. The minimum atomic E-state index is -0.846. The first-order valence-electron chi connectivity index (χ1n) is 9.23. The van der Waals surface area contributed by atoms with E-state index in [-0.39, 0.29) is 23.0 Å². The molecule has 0 saturated heterocycles. The number of benzene rings is 2. The molecule has 0 radical (unpaired) electrons. The monoisotopic (exact) mass is 369 g/mol. The third-order valence-corrected chi connectivity index (χ3v) is 4.80. The molecule has 27 heavy (non-hydrogen) atoms. The highest BCUT2D eigenvalue weighted by atomic mass is 16.4. The molecule has 0 fully saturated rings. The Kier molecular flexibility index (Phi) is 5.60.